The van der Waals surface area contributed by atoms with Gasteiger partial charge in [0.2, 0.25) is 5.13 Å². The summed E-state index contributed by atoms with van der Waals surface area (Å²) in [5.41, 5.74) is 3.67. The smallest absolute Gasteiger partial charge is 0.319 e. The summed E-state index contributed by atoms with van der Waals surface area (Å²) >= 11 is 1.54. The number of anilines is 1. The molecule has 3 aromatic rings. The molecule has 0 unspecified atom stereocenters. The lowest BCUT2D eigenvalue weighted by atomic mass is 10.3. The molecule has 2 N–H and O–H groups in total. The van der Waals surface area contributed by atoms with Gasteiger partial charge in [-0.25, -0.2) is 14.5 Å². The van der Waals surface area contributed by atoms with Gasteiger partial charge in [-0.1, -0.05) is 0 Å². The fourth-order valence-electron chi connectivity index (χ4n) is 2.48. The van der Waals surface area contributed by atoms with Crippen LogP contribution in [-0.4, -0.2) is 34.5 Å². The van der Waals surface area contributed by atoms with E-state index in [0.717, 1.165) is 28.0 Å². The van der Waals surface area contributed by atoms with Crippen LogP contribution >= 0.6 is 11.3 Å². The molecule has 1 aromatic carbocycles. The third-order valence-corrected chi connectivity index (χ3v) is 4.61. The number of amides is 2. The number of thiazole rings is 1. The molecule has 0 aliphatic rings. The summed E-state index contributed by atoms with van der Waals surface area (Å²) in [4.78, 5) is 16.5. The molecule has 0 aliphatic carbocycles. The van der Waals surface area contributed by atoms with Gasteiger partial charge in [0.25, 0.3) is 0 Å². The zero-order chi connectivity index (χ0) is 18.5. The lowest BCUT2D eigenvalue weighted by Crippen LogP contribution is -2.30. The number of methoxy groups -OCH3 is 1. The largest absolute Gasteiger partial charge is 0.497 e. The van der Waals surface area contributed by atoms with Gasteiger partial charge in [-0.05, 0) is 44.2 Å². The van der Waals surface area contributed by atoms with Crippen LogP contribution in [0.15, 0.2) is 35.7 Å². The number of carbonyl (C=O) groups excluding carboxylic acids is 1. The number of aryl methyl sites for hydroxylation is 2. The van der Waals surface area contributed by atoms with Crippen LogP contribution in [0.3, 0.4) is 0 Å². The second-order valence-electron chi connectivity index (χ2n) is 5.82. The summed E-state index contributed by atoms with van der Waals surface area (Å²) in [6.07, 6.45) is 0.659. The van der Waals surface area contributed by atoms with Crippen LogP contribution < -0.4 is 15.4 Å². The summed E-state index contributed by atoms with van der Waals surface area (Å²) in [6.45, 7) is 4.47. The number of urea groups is 1. The first kappa shape index (κ1) is 17.9. The molecule has 0 bridgehead atoms. The number of ether oxygens (including phenoxy) is 1. The second kappa shape index (κ2) is 8.01. The number of hydrogen-bond acceptors (Lipinski definition) is 5. The molecule has 2 heterocycles. The van der Waals surface area contributed by atoms with Gasteiger partial charge in [0.1, 0.15) is 5.75 Å². The molecule has 0 saturated heterocycles. The van der Waals surface area contributed by atoms with Crippen molar-refractivity contribution in [3.8, 4) is 10.9 Å². The van der Waals surface area contributed by atoms with Crippen molar-refractivity contribution in [2.75, 3.05) is 19.0 Å². The molecule has 7 nitrogen and oxygen atoms in total. The lowest BCUT2D eigenvalue weighted by molar-refractivity contribution is 0.252. The number of nitrogens with zero attached hydrogens (tertiary/aromatic N) is 3. The summed E-state index contributed by atoms with van der Waals surface area (Å²) in [6, 6.07) is 8.95. The van der Waals surface area contributed by atoms with Crippen molar-refractivity contribution in [1.82, 2.24) is 20.1 Å². The number of benzene rings is 1. The van der Waals surface area contributed by atoms with E-state index in [4.69, 9.17) is 4.74 Å². The van der Waals surface area contributed by atoms with Crippen molar-refractivity contribution in [2.45, 2.75) is 20.3 Å². The number of rotatable bonds is 6. The van der Waals surface area contributed by atoms with Gasteiger partial charge < -0.3 is 15.4 Å². The van der Waals surface area contributed by atoms with Crippen molar-refractivity contribution in [2.24, 2.45) is 0 Å². The highest BCUT2D eigenvalue weighted by Crippen LogP contribution is 2.17. The second-order valence-corrected chi connectivity index (χ2v) is 6.66. The number of hydrogen-bond donors (Lipinski definition) is 2. The van der Waals surface area contributed by atoms with Crippen LogP contribution in [0.25, 0.3) is 5.13 Å². The van der Waals surface area contributed by atoms with E-state index in [1.807, 2.05) is 30.0 Å². The molecule has 26 heavy (non-hydrogen) atoms. The summed E-state index contributed by atoms with van der Waals surface area (Å²) in [5, 5.41) is 12.9. The Morgan fingerprint density at radius 3 is 2.69 bits per heavy atom. The van der Waals surface area contributed by atoms with Gasteiger partial charge in [0.05, 0.1) is 18.5 Å². The minimum Gasteiger partial charge on any atom is -0.497 e. The number of carbonyl (C=O) groups is 1. The Kier molecular flexibility index (Phi) is 5.52. The van der Waals surface area contributed by atoms with Crippen molar-refractivity contribution in [1.29, 1.82) is 0 Å². The summed E-state index contributed by atoms with van der Waals surface area (Å²) in [5.74, 6) is 0.748. The minimum atomic E-state index is -0.246. The van der Waals surface area contributed by atoms with Gasteiger partial charge in [-0.3, -0.25) is 0 Å². The van der Waals surface area contributed by atoms with Crippen molar-refractivity contribution < 1.29 is 9.53 Å². The Labute approximate surface area is 156 Å². The first-order valence-electron chi connectivity index (χ1n) is 8.22. The fraction of sp³-hybridized carbons (Fsp3) is 0.278. The Morgan fingerprint density at radius 1 is 1.27 bits per heavy atom. The third-order valence-electron chi connectivity index (χ3n) is 3.74. The number of aromatic nitrogens is 3. The fourth-order valence-corrected chi connectivity index (χ4v) is 3.35. The maximum atomic E-state index is 11.9. The van der Waals surface area contributed by atoms with Gasteiger partial charge in [-0.15, -0.1) is 11.3 Å². The first-order valence-corrected chi connectivity index (χ1v) is 9.10. The topological polar surface area (TPSA) is 81.1 Å². The lowest BCUT2D eigenvalue weighted by Gasteiger charge is -2.07. The van der Waals surface area contributed by atoms with E-state index < -0.39 is 0 Å². The average Bonchev–Trinajstić information content (AvgIpc) is 3.21. The number of nitrogens with one attached hydrogen (secondary N) is 2. The SMILES string of the molecule is COc1ccc(NC(=O)NCCc2csc(-n3nc(C)cc3C)n2)cc1. The van der Waals surface area contributed by atoms with Crippen LogP contribution in [0, 0.1) is 13.8 Å². The monoisotopic (exact) mass is 371 g/mol. The Bertz CT molecular complexity index is 885. The maximum absolute atomic E-state index is 11.9. The summed E-state index contributed by atoms with van der Waals surface area (Å²) in [7, 11) is 1.61. The molecule has 0 saturated carbocycles. The quantitative estimate of drug-likeness (QED) is 0.696. The molecule has 0 aliphatic heterocycles. The molecule has 0 radical (unpaired) electrons. The van der Waals surface area contributed by atoms with E-state index in [2.05, 4.69) is 20.7 Å². The van der Waals surface area contributed by atoms with Gasteiger partial charge in [0.15, 0.2) is 0 Å². The van der Waals surface area contributed by atoms with Crippen LogP contribution in [0.4, 0.5) is 10.5 Å². The van der Waals surface area contributed by atoms with E-state index in [9.17, 15) is 4.79 Å². The molecule has 2 amide bonds. The third kappa shape index (κ3) is 4.40. The van der Waals surface area contributed by atoms with E-state index in [-0.39, 0.29) is 6.03 Å². The normalized spacial score (nSPS) is 10.6. The standard InChI is InChI=1S/C18H21N5O2S/c1-12-10-13(2)23(22-12)18-21-15(11-26-18)8-9-19-17(24)20-14-4-6-16(25-3)7-5-14/h4-7,10-11H,8-9H2,1-3H3,(H2,19,20,24). The van der Waals surface area contributed by atoms with Gasteiger partial charge in [-0.2, -0.15) is 5.10 Å². The highest BCUT2D eigenvalue weighted by molar-refractivity contribution is 7.12. The van der Waals surface area contributed by atoms with E-state index in [1.54, 1.807) is 42.7 Å². The van der Waals surface area contributed by atoms with Crippen LogP contribution in [0.5, 0.6) is 5.75 Å². The molecule has 0 atom stereocenters. The molecular formula is C18H21N5O2S. The van der Waals surface area contributed by atoms with Gasteiger partial charge >= 0.3 is 6.03 Å². The molecule has 2 aromatic heterocycles. The van der Waals surface area contributed by atoms with E-state index in [1.165, 1.54) is 0 Å². The van der Waals surface area contributed by atoms with Crippen LogP contribution in [0.2, 0.25) is 0 Å². The molecular weight excluding hydrogens is 350 g/mol. The molecule has 3 rings (SSSR count). The zero-order valence-corrected chi connectivity index (χ0v) is 15.8. The maximum Gasteiger partial charge on any atom is 0.319 e. The molecule has 8 heteroatoms. The van der Waals surface area contributed by atoms with Crippen molar-refractivity contribution in [3.63, 3.8) is 0 Å². The first-order chi connectivity index (χ1) is 12.5. The average molecular weight is 371 g/mol. The molecule has 0 spiro atoms. The zero-order valence-electron chi connectivity index (χ0n) is 14.9. The van der Waals surface area contributed by atoms with E-state index in [0.29, 0.717) is 18.7 Å². The van der Waals surface area contributed by atoms with Crippen LogP contribution in [0.1, 0.15) is 17.1 Å². The summed E-state index contributed by atoms with van der Waals surface area (Å²) < 4.78 is 6.93. The van der Waals surface area contributed by atoms with Crippen molar-refractivity contribution >= 4 is 23.1 Å². The highest BCUT2D eigenvalue weighted by Gasteiger charge is 2.09. The van der Waals surface area contributed by atoms with Crippen LogP contribution in [-0.2, 0) is 6.42 Å². The molecule has 0 fully saturated rings. The Balaban J connectivity index is 1.48. The van der Waals surface area contributed by atoms with Gasteiger partial charge in [0, 0.05) is 29.7 Å². The highest BCUT2D eigenvalue weighted by atomic mass is 32.1. The van der Waals surface area contributed by atoms with Crippen molar-refractivity contribution in [3.05, 3.63) is 52.8 Å². The predicted molar refractivity (Wildman–Crippen MR) is 102 cm³/mol. The predicted octanol–water partition coefficient (Wildman–Crippen LogP) is 3.32. The minimum absolute atomic E-state index is 0.246. The Hall–Kier alpha value is -2.87. The molecule has 136 valence electrons. The Morgan fingerprint density at radius 2 is 2.04 bits per heavy atom. The van der Waals surface area contributed by atoms with E-state index >= 15 is 0 Å².